The van der Waals surface area contributed by atoms with Gasteiger partial charge in [0.05, 0.1) is 61.7 Å². The Morgan fingerprint density at radius 3 is 1.44 bits per heavy atom. The third-order valence-electron chi connectivity index (χ3n) is 11.1. The standard InChI is InChI=1S/C50H29N5/c51-30-34-11-9-20-46-49(34)39-14-3-8-19-45(39)54(46)41-28-25-33(29-35(41)31-52)32-23-26-36(27-24-32)53-44-18-7-4-15-40(44)50-47(53)21-10-22-48(50)55-42-16-5-1-12-37(42)38-13-2-6-17-43(38)55/h1-29H. The summed E-state index contributed by atoms with van der Waals surface area (Å²) in [6, 6.07) is 65.9. The maximum atomic E-state index is 10.5. The highest BCUT2D eigenvalue weighted by Crippen LogP contribution is 2.41. The van der Waals surface area contributed by atoms with Gasteiger partial charge in [0, 0.05) is 38.0 Å². The van der Waals surface area contributed by atoms with Crippen LogP contribution in [0.3, 0.4) is 0 Å². The summed E-state index contributed by atoms with van der Waals surface area (Å²) in [5.41, 5.74) is 12.7. The second-order valence-electron chi connectivity index (χ2n) is 13.9. The van der Waals surface area contributed by atoms with Crippen LogP contribution in [0.25, 0.3) is 93.6 Å². The van der Waals surface area contributed by atoms with E-state index in [-0.39, 0.29) is 0 Å². The number of nitriles is 2. The summed E-state index contributed by atoms with van der Waals surface area (Å²) in [4.78, 5) is 0. The Labute approximate surface area is 316 Å². The van der Waals surface area contributed by atoms with Crippen LogP contribution in [0.2, 0.25) is 0 Å². The Kier molecular flexibility index (Phi) is 6.61. The van der Waals surface area contributed by atoms with E-state index in [0.717, 1.165) is 61.0 Å². The van der Waals surface area contributed by atoms with Gasteiger partial charge in [-0.05, 0) is 83.9 Å². The summed E-state index contributed by atoms with van der Waals surface area (Å²) in [5.74, 6) is 0. The van der Waals surface area contributed by atoms with Crippen molar-refractivity contribution in [3.05, 3.63) is 187 Å². The van der Waals surface area contributed by atoms with Gasteiger partial charge in [-0.3, -0.25) is 0 Å². The fourth-order valence-corrected chi connectivity index (χ4v) is 8.82. The molecule has 8 aromatic carbocycles. The fraction of sp³-hybridized carbons (Fsp3) is 0. The highest BCUT2D eigenvalue weighted by Gasteiger charge is 2.20. The van der Waals surface area contributed by atoms with Gasteiger partial charge in [-0.15, -0.1) is 0 Å². The molecule has 0 spiro atoms. The molecule has 11 rings (SSSR count). The number of hydrogen-bond acceptors (Lipinski definition) is 2. The first-order valence-corrected chi connectivity index (χ1v) is 18.3. The number of hydrogen-bond donors (Lipinski definition) is 0. The minimum atomic E-state index is 0.562. The number of benzene rings is 8. The van der Waals surface area contributed by atoms with Crippen molar-refractivity contribution >= 4 is 65.4 Å². The molecule has 5 nitrogen and oxygen atoms in total. The van der Waals surface area contributed by atoms with Crippen LogP contribution in [0, 0.1) is 22.7 Å². The van der Waals surface area contributed by atoms with Crippen LogP contribution in [0.4, 0.5) is 0 Å². The van der Waals surface area contributed by atoms with Crippen molar-refractivity contribution in [1.29, 1.82) is 10.5 Å². The Bertz CT molecular complexity index is 3400. The summed E-state index contributed by atoms with van der Waals surface area (Å²) in [5, 5.41) is 27.2. The van der Waals surface area contributed by atoms with Crippen molar-refractivity contribution in [2.24, 2.45) is 0 Å². The maximum Gasteiger partial charge on any atom is 0.101 e. The first-order valence-electron chi connectivity index (χ1n) is 18.3. The molecule has 0 saturated heterocycles. The lowest BCUT2D eigenvalue weighted by atomic mass is 10.0. The zero-order valence-corrected chi connectivity index (χ0v) is 29.5. The molecule has 0 bridgehead atoms. The monoisotopic (exact) mass is 699 g/mol. The van der Waals surface area contributed by atoms with E-state index in [4.69, 9.17) is 0 Å². The molecule has 0 amide bonds. The molecular weight excluding hydrogens is 671 g/mol. The van der Waals surface area contributed by atoms with Gasteiger partial charge >= 0.3 is 0 Å². The fourth-order valence-electron chi connectivity index (χ4n) is 8.82. The average molecular weight is 700 g/mol. The highest BCUT2D eigenvalue weighted by molar-refractivity contribution is 6.16. The summed E-state index contributed by atoms with van der Waals surface area (Å²) in [7, 11) is 0. The van der Waals surface area contributed by atoms with E-state index in [1.54, 1.807) is 0 Å². The van der Waals surface area contributed by atoms with Crippen molar-refractivity contribution in [2.75, 3.05) is 0 Å². The van der Waals surface area contributed by atoms with Crippen LogP contribution in [-0.4, -0.2) is 13.7 Å². The molecule has 0 unspecified atom stereocenters. The second-order valence-corrected chi connectivity index (χ2v) is 13.9. The van der Waals surface area contributed by atoms with E-state index < -0.39 is 0 Å². The Morgan fingerprint density at radius 1 is 0.327 bits per heavy atom. The number of rotatable bonds is 4. The van der Waals surface area contributed by atoms with E-state index in [9.17, 15) is 10.5 Å². The summed E-state index contributed by atoms with van der Waals surface area (Å²) in [6.45, 7) is 0. The van der Waals surface area contributed by atoms with Gasteiger partial charge in [-0.1, -0.05) is 103 Å². The normalized spacial score (nSPS) is 11.6. The molecule has 3 heterocycles. The van der Waals surface area contributed by atoms with E-state index in [1.165, 1.54) is 32.6 Å². The van der Waals surface area contributed by atoms with Crippen LogP contribution >= 0.6 is 0 Å². The summed E-state index contributed by atoms with van der Waals surface area (Å²) in [6.07, 6.45) is 0. The third kappa shape index (κ3) is 4.39. The van der Waals surface area contributed by atoms with Crippen molar-refractivity contribution in [3.8, 4) is 40.3 Å². The largest absolute Gasteiger partial charge is 0.309 e. The molecule has 0 aliphatic rings. The van der Waals surface area contributed by atoms with Crippen LogP contribution in [0.15, 0.2) is 176 Å². The van der Waals surface area contributed by atoms with Crippen molar-refractivity contribution in [2.45, 2.75) is 0 Å². The predicted molar refractivity (Wildman–Crippen MR) is 224 cm³/mol. The van der Waals surface area contributed by atoms with Gasteiger partial charge < -0.3 is 13.7 Å². The Balaban J connectivity index is 1.05. The molecule has 0 aliphatic heterocycles. The van der Waals surface area contributed by atoms with Crippen LogP contribution in [0.5, 0.6) is 0 Å². The molecule has 0 N–H and O–H groups in total. The molecule has 254 valence electrons. The number of para-hydroxylation sites is 4. The smallest absolute Gasteiger partial charge is 0.101 e. The van der Waals surface area contributed by atoms with Gasteiger partial charge in [0.15, 0.2) is 0 Å². The number of fused-ring (bicyclic) bond motifs is 9. The van der Waals surface area contributed by atoms with E-state index in [0.29, 0.717) is 11.1 Å². The second kappa shape index (κ2) is 11.8. The average Bonchev–Trinajstić information content (AvgIpc) is 3.89. The summed E-state index contributed by atoms with van der Waals surface area (Å²) < 4.78 is 6.87. The van der Waals surface area contributed by atoms with Crippen molar-refractivity contribution in [3.63, 3.8) is 0 Å². The first kappa shape index (κ1) is 30.7. The van der Waals surface area contributed by atoms with Crippen LogP contribution in [-0.2, 0) is 0 Å². The zero-order chi connectivity index (χ0) is 36.6. The molecule has 11 aromatic rings. The lowest BCUT2D eigenvalue weighted by Crippen LogP contribution is -1.98. The van der Waals surface area contributed by atoms with Gasteiger partial charge in [0.1, 0.15) is 6.07 Å². The van der Waals surface area contributed by atoms with Gasteiger partial charge in [-0.2, -0.15) is 10.5 Å². The quantitative estimate of drug-likeness (QED) is 0.184. The van der Waals surface area contributed by atoms with Crippen molar-refractivity contribution in [1.82, 2.24) is 13.7 Å². The molecule has 55 heavy (non-hydrogen) atoms. The molecule has 0 saturated carbocycles. The molecule has 0 atom stereocenters. The van der Waals surface area contributed by atoms with Crippen molar-refractivity contribution < 1.29 is 0 Å². The SMILES string of the molecule is N#Cc1cc(-c2ccc(-n3c4ccccc4c4c(-n5c6ccccc6c6ccccc65)cccc43)cc2)ccc1-n1c2ccccc2c2c(C#N)cccc21. The summed E-state index contributed by atoms with van der Waals surface area (Å²) >= 11 is 0. The Morgan fingerprint density at radius 2 is 0.800 bits per heavy atom. The lowest BCUT2D eigenvalue weighted by molar-refractivity contribution is 1.16. The minimum absolute atomic E-state index is 0.562. The van der Waals surface area contributed by atoms with E-state index in [1.807, 2.05) is 54.6 Å². The first-order chi connectivity index (χ1) is 27.2. The van der Waals surface area contributed by atoms with Crippen LogP contribution in [0.1, 0.15) is 11.1 Å². The van der Waals surface area contributed by atoms with Gasteiger partial charge in [-0.25, -0.2) is 0 Å². The molecule has 0 fully saturated rings. The zero-order valence-electron chi connectivity index (χ0n) is 29.5. The third-order valence-corrected chi connectivity index (χ3v) is 11.1. The van der Waals surface area contributed by atoms with E-state index in [2.05, 4.69) is 147 Å². The highest BCUT2D eigenvalue weighted by atomic mass is 15.0. The number of nitrogens with zero attached hydrogens (tertiary/aromatic N) is 5. The number of aromatic nitrogens is 3. The molecule has 0 aliphatic carbocycles. The van der Waals surface area contributed by atoms with Crippen LogP contribution < -0.4 is 0 Å². The lowest BCUT2D eigenvalue weighted by Gasteiger charge is -2.13. The molecule has 0 radical (unpaired) electrons. The predicted octanol–water partition coefficient (Wildman–Crippen LogP) is 12.4. The van der Waals surface area contributed by atoms with E-state index >= 15 is 0 Å². The Hall–Kier alpha value is -7.86. The topological polar surface area (TPSA) is 62.4 Å². The van der Waals surface area contributed by atoms with Gasteiger partial charge in [0.2, 0.25) is 0 Å². The molecule has 3 aromatic heterocycles. The minimum Gasteiger partial charge on any atom is -0.309 e. The molecular formula is C50H29N5. The molecule has 5 heteroatoms. The maximum absolute atomic E-state index is 10.5. The van der Waals surface area contributed by atoms with Gasteiger partial charge in [0.25, 0.3) is 0 Å².